The van der Waals surface area contributed by atoms with E-state index in [1.54, 1.807) is 19.9 Å². The summed E-state index contributed by atoms with van der Waals surface area (Å²) in [5.41, 5.74) is -0.890. The Hall–Kier alpha value is -2.23. The Labute approximate surface area is 120 Å². The molecule has 0 aliphatic heterocycles. The summed E-state index contributed by atoms with van der Waals surface area (Å²) < 4.78 is 37.7. The topological polar surface area (TPSA) is 73.1 Å². The maximum Gasteiger partial charge on any atom is 0.416 e. The number of carboxylic acids is 1. The predicted octanol–water partition coefficient (Wildman–Crippen LogP) is 3.35. The van der Waals surface area contributed by atoms with Crippen LogP contribution in [0.4, 0.5) is 18.9 Å². The molecule has 21 heavy (non-hydrogen) atoms. The van der Waals surface area contributed by atoms with Crippen molar-refractivity contribution in [2.75, 3.05) is 11.9 Å². The summed E-state index contributed by atoms with van der Waals surface area (Å²) in [6, 6.07) is 4.42. The molecule has 0 saturated heterocycles. The lowest BCUT2D eigenvalue weighted by molar-refractivity contribution is -0.142. The van der Waals surface area contributed by atoms with E-state index in [9.17, 15) is 18.0 Å². The highest BCUT2D eigenvalue weighted by Crippen LogP contribution is 2.31. The summed E-state index contributed by atoms with van der Waals surface area (Å²) in [4.78, 5) is 11.0. The molecule has 1 unspecified atom stereocenters. The van der Waals surface area contributed by atoms with E-state index in [0.717, 1.165) is 18.2 Å². The molecule has 0 bridgehead atoms. The number of aliphatic carboxylic acids is 1. The molecule has 1 aromatic carbocycles. The number of rotatable bonds is 5. The van der Waals surface area contributed by atoms with Gasteiger partial charge < -0.3 is 10.4 Å². The van der Waals surface area contributed by atoms with Gasteiger partial charge in [0, 0.05) is 6.54 Å². The molecule has 114 valence electrons. The largest absolute Gasteiger partial charge is 0.481 e. The smallest absolute Gasteiger partial charge is 0.416 e. The number of nitrogens with zero attached hydrogens (tertiary/aromatic N) is 1. The van der Waals surface area contributed by atoms with Crippen LogP contribution in [0, 0.1) is 23.2 Å². The van der Waals surface area contributed by atoms with Gasteiger partial charge in [0.15, 0.2) is 0 Å². The number of carboxylic acid groups (broad SMARTS) is 1. The van der Waals surface area contributed by atoms with E-state index in [1.165, 1.54) is 0 Å². The second-order valence-corrected chi connectivity index (χ2v) is 4.94. The van der Waals surface area contributed by atoms with E-state index in [1.807, 2.05) is 0 Å². The van der Waals surface area contributed by atoms with Crippen LogP contribution in [0.5, 0.6) is 0 Å². The van der Waals surface area contributed by atoms with E-state index in [-0.39, 0.29) is 23.7 Å². The quantitative estimate of drug-likeness (QED) is 0.874. The SMILES string of the molecule is CC(C)C(CNc1ccc(C(F)(F)F)cc1C#N)C(=O)O. The number of anilines is 1. The summed E-state index contributed by atoms with van der Waals surface area (Å²) in [6.45, 7) is 3.50. The number of benzene rings is 1. The van der Waals surface area contributed by atoms with Crippen LogP contribution in [-0.2, 0) is 11.0 Å². The Bertz CT molecular complexity index is 562. The maximum atomic E-state index is 12.6. The minimum absolute atomic E-state index is 0.0348. The van der Waals surface area contributed by atoms with E-state index in [2.05, 4.69) is 5.32 Å². The molecule has 1 rings (SSSR count). The lowest BCUT2D eigenvalue weighted by atomic mass is 9.96. The van der Waals surface area contributed by atoms with Gasteiger partial charge in [0.2, 0.25) is 0 Å². The van der Waals surface area contributed by atoms with Crippen LogP contribution < -0.4 is 5.32 Å². The molecular weight excluding hydrogens is 285 g/mol. The zero-order valence-corrected chi connectivity index (χ0v) is 11.5. The highest BCUT2D eigenvalue weighted by Gasteiger charge is 2.31. The highest BCUT2D eigenvalue weighted by molar-refractivity contribution is 5.71. The van der Waals surface area contributed by atoms with E-state index < -0.39 is 23.6 Å². The zero-order chi connectivity index (χ0) is 16.2. The maximum absolute atomic E-state index is 12.6. The molecule has 0 fully saturated rings. The van der Waals surface area contributed by atoms with Crippen LogP contribution in [-0.4, -0.2) is 17.6 Å². The summed E-state index contributed by atoms with van der Waals surface area (Å²) in [5, 5.41) is 20.7. The summed E-state index contributed by atoms with van der Waals surface area (Å²) in [7, 11) is 0. The fourth-order valence-electron chi connectivity index (χ4n) is 1.80. The highest BCUT2D eigenvalue weighted by atomic mass is 19.4. The molecule has 1 aromatic rings. The van der Waals surface area contributed by atoms with Crippen molar-refractivity contribution < 1.29 is 23.1 Å². The lowest BCUT2D eigenvalue weighted by Crippen LogP contribution is -2.27. The average molecular weight is 300 g/mol. The van der Waals surface area contributed by atoms with Crippen molar-refractivity contribution >= 4 is 11.7 Å². The Morgan fingerprint density at radius 3 is 2.48 bits per heavy atom. The van der Waals surface area contributed by atoms with Gasteiger partial charge in [-0.3, -0.25) is 4.79 Å². The molecule has 4 nitrogen and oxygen atoms in total. The Morgan fingerprint density at radius 2 is 2.05 bits per heavy atom. The van der Waals surface area contributed by atoms with Crippen molar-refractivity contribution in [1.82, 2.24) is 0 Å². The first-order valence-corrected chi connectivity index (χ1v) is 6.24. The fraction of sp³-hybridized carbons (Fsp3) is 0.429. The summed E-state index contributed by atoms with van der Waals surface area (Å²) in [6.07, 6.45) is -4.52. The molecular formula is C14H15F3N2O2. The molecule has 1 atom stereocenters. The van der Waals surface area contributed by atoms with Crippen molar-refractivity contribution in [3.05, 3.63) is 29.3 Å². The molecule has 0 aliphatic rings. The molecule has 0 aliphatic carbocycles. The Morgan fingerprint density at radius 1 is 1.43 bits per heavy atom. The van der Waals surface area contributed by atoms with Crippen molar-refractivity contribution in [3.63, 3.8) is 0 Å². The van der Waals surface area contributed by atoms with Gasteiger partial charge in [-0.15, -0.1) is 0 Å². The molecule has 2 N–H and O–H groups in total. The third-order valence-electron chi connectivity index (χ3n) is 3.10. The van der Waals surface area contributed by atoms with Crippen LogP contribution in [0.3, 0.4) is 0 Å². The van der Waals surface area contributed by atoms with Crippen molar-refractivity contribution in [1.29, 1.82) is 5.26 Å². The van der Waals surface area contributed by atoms with Gasteiger partial charge in [0.05, 0.1) is 22.7 Å². The van der Waals surface area contributed by atoms with Gasteiger partial charge in [-0.2, -0.15) is 18.4 Å². The number of nitrogens with one attached hydrogen (secondary N) is 1. The lowest BCUT2D eigenvalue weighted by Gasteiger charge is -2.18. The van der Waals surface area contributed by atoms with Crippen LogP contribution in [0.2, 0.25) is 0 Å². The standard InChI is InChI=1S/C14H15F3N2O2/c1-8(2)11(13(20)21)7-19-12-4-3-10(14(15,16)17)5-9(12)6-18/h3-5,8,11,19H,7H2,1-2H3,(H,20,21). The van der Waals surface area contributed by atoms with Gasteiger partial charge in [0.25, 0.3) is 0 Å². The number of hydrogen-bond acceptors (Lipinski definition) is 3. The fourth-order valence-corrected chi connectivity index (χ4v) is 1.80. The molecule has 0 radical (unpaired) electrons. The second kappa shape index (κ2) is 6.48. The number of nitriles is 1. The summed E-state index contributed by atoms with van der Waals surface area (Å²) in [5.74, 6) is -1.84. The first kappa shape index (κ1) is 16.8. The second-order valence-electron chi connectivity index (χ2n) is 4.94. The average Bonchev–Trinajstić information content (AvgIpc) is 2.36. The Kier molecular flexibility index (Phi) is 5.19. The minimum Gasteiger partial charge on any atom is -0.481 e. The van der Waals surface area contributed by atoms with E-state index >= 15 is 0 Å². The summed E-state index contributed by atoms with van der Waals surface area (Å²) >= 11 is 0. The normalized spacial score (nSPS) is 12.8. The number of hydrogen-bond donors (Lipinski definition) is 2. The van der Waals surface area contributed by atoms with Gasteiger partial charge in [-0.1, -0.05) is 13.8 Å². The first-order chi connectivity index (χ1) is 9.66. The zero-order valence-electron chi connectivity index (χ0n) is 11.5. The molecule has 0 spiro atoms. The van der Waals surface area contributed by atoms with Crippen molar-refractivity contribution in [3.8, 4) is 6.07 Å². The Balaban J connectivity index is 2.95. The molecule has 0 amide bonds. The molecule has 7 heteroatoms. The van der Waals surface area contributed by atoms with Gasteiger partial charge in [-0.25, -0.2) is 0 Å². The first-order valence-electron chi connectivity index (χ1n) is 6.24. The van der Waals surface area contributed by atoms with Crippen LogP contribution >= 0.6 is 0 Å². The van der Waals surface area contributed by atoms with Crippen molar-refractivity contribution in [2.24, 2.45) is 11.8 Å². The van der Waals surface area contributed by atoms with Crippen LogP contribution in [0.1, 0.15) is 25.0 Å². The van der Waals surface area contributed by atoms with E-state index in [4.69, 9.17) is 10.4 Å². The molecule has 0 heterocycles. The van der Waals surface area contributed by atoms with Crippen LogP contribution in [0.15, 0.2) is 18.2 Å². The van der Waals surface area contributed by atoms with Crippen molar-refractivity contribution in [2.45, 2.75) is 20.0 Å². The number of halogens is 3. The molecule has 0 aromatic heterocycles. The van der Waals surface area contributed by atoms with Crippen LogP contribution in [0.25, 0.3) is 0 Å². The minimum atomic E-state index is -4.52. The van der Waals surface area contributed by atoms with Gasteiger partial charge >= 0.3 is 12.1 Å². The number of alkyl halides is 3. The van der Waals surface area contributed by atoms with Gasteiger partial charge in [0.1, 0.15) is 6.07 Å². The third-order valence-corrected chi connectivity index (χ3v) is 3.10. The van der Waals surface area contributed by atoms with Gasteiger partial charge in [-0.05, 0) is 24.1 Å². The third kappa shape index (κ3) is 4.38. The molecule has 0 saturated carbocycles. The number of carbonyl (C=O) groups is 1. The monoisotopic (exact) mass is 300 g/mol. The predicted molar refractivity (Wildman–Crippen MR) is 70.6 cm³/mol. The van der Waals surface area contributed by atoms with E-state index in [0.29, 0.717) is 0 Å².